The normalized spacial score (nSPS) is 10.1. The summed E-state index contributed by atoms with van der Waals surface area (Å²) in [5, 5.41) is 11.3. The van der Waals surface area contributed by atoms with Crippen LogP contribution in [0.2, 0.25) is 0 Å². The summed E-state index contributed by atoms with van der Waals surface area (Å²) in [6, 6.07) is 7.07. The van der Waals surface area contributed by atoms with Gasteiger partial charge >= 0.3 is 12.0 Å². The molecule has 0 saturated carbocycles. The van der Waals surface area contributed by atoms with Gasteiger partial charge in [-0.1, -0.05) is 18.2 Å². The van der Waals surface area contributed by atoms with Crippen LogP contribution in [0.25, 0.3) is 0 Å². The van der Waals surface area contributed by atoms with Crippen LogP contribution in [0.1, 0.15) is 12.0 Å². The Hall–Kier alpha value is -2.28. The SMILES string of the molecule is COCCOc1ccccc1CNC(=O)N(C)CCC(=O)O. The lowest BCUT2D eigenvalue weighted by atomic mass is 10.2. The fraction of sp³-hybridized carbons (Fsp3) is 0.467. The number of amides is 2. The van der Waals surface area contributed by atoms with Crippen LogP contribution in [-0.4, -0.2) is 55.9 Å². The van der Waals surface area contributed by atoms with Crippen molar-refractivity contribution in [2.75, 3.05) is 33.9 Å². The molecule has 2 N–H and O–H groups in total. The quantitative estimate of drug-likeness (QED) is 0.672. The predicted octanol–water partition coefficient (Wildman–Crippen LogP) is 1.33. The second-order valence-electron chi connectivity index (χ2n) is 4.67. The number of hydrogen-bond donors (Lipinski definition) is 2. The Labute approximate surface area is 129 Å². The molecular formula is C15H22N2O5. The van der Waals surface area contributed by atoms with Crippen LogP contribution in [0.3, 0.4) is 0 Å². The molecule has 122 valence electrons. The number of rotatable bonds is 9. The summed E-state index contributed by atoms with van der Waals surface area (Å²) >= 11 is 0. The molecule has 7 heteroatoms. The first-order valence-electron chi connectivity index (χ1n) is 6.95. The van der Waals surface area contributed by atoms with E-state index < -0.39 is 5.97 Å². The third-order valence-corrected chi connectivity index (χ3v) is 2.96. The van der Waals surface area contributed by atoms with E-state index in [9.17, 15) is 9.59 Å². The zero-order valence-corrected chi connectivity index (χ0v) is 12.9. The molecule has 0 aliphatic rings. The molecule has 0 unspecified atom stereocenters. The van der Waals surface area contributed by atoms with E-state index in [0.717, 1.165) is 5.56 Å². The van der Waals surface area contributed by atoms with Gasteiger partial charge < -0.3 is 24.8 Å². The van der Waals surface area contributed by atoms with Gasteiger partial charge in [-0.3, -0.25) is 4.79 Å². The Morgan fingerprint density at radius 2 is 2.00 bits per heavy atom. The molecule has 0 fully saturated rings. The standard InChI is InChI=1S/C15H22N2O5/c1-17(8-7-14(18)19)15(20)16-11-12-5-3-4-6-13(12)22-10-9-21-2/h3-6H,7-11H2,1-2H3,(H,16,20)(H,18,19). The van der Waals surface area contributed by atoms with E-state index in [4.69, 9.17) is 14.6 Å². The average molecular weight is 310 g/mol. The van der Waals surface area contributed by atoms with Gasteiger partial charge in [0, 0.05) is 32.8 Å². The number of carbonyl (C=O) groups is 2. The summed E-state index contributed by atoms with van der Waals surface area (Å²) in [5.41, 5.74) is 0.846. The summed E-state index contributed by atoms with van der Waals surface area (Å²) < 4.78 is 10.5. The molecule has 0 aliphatic carbocycles. The van der Waals surface area contributed by atoms with Crippen LogP contribution in [-0.2, 0) is 16.1 Å². The van der Waals surface area contributed by atoms with Crippen LogP contribution in [0.4, 0.5) is 4.79 Å². The van der Waals surface area contributed by atoms with Crippen molar-refractivity contribution in [3.63, 3.8) is 0 Å². The molecule has 1 rings (SSSR count). The lowest BCUT2D eigenvalue weighted by Crippen LogP contribution is -2.38. The summed E-state index contributed by atoms with van der Waals surface area (Å²) in [6.07, 6.45) is -0.0827. The monoisotopic (exact) mass is 310 g/mol. The molecule has 1 aromatic rings. The molecule has 0 radical (unpaired) electrons. The number of carboxylic acid groups (broad SMARTS) is 1. The van der Waals surface area contributed by atoms with Gasteiger partial charge in [0.15, 0.2) is 0 Å². The van der Waals surface area contributed by atoms with Gasteiger partial charge in [-0.25, -0.2) is 4.79 Å². The smallest absolute Gasteiger partial charge is 0.317 e. The third-order valence-electron chi connectivity index (χ3n) is 2.96. The first-order valence-corrected chi connectivity index (χ1v) is 6.95. The van der Waals surface area contributed by atoms with Crippen molar-refractivity contribution >= 4 is 12.0 Å². The number of para-hydroxylation sites is 1. The van der Waals surface area contributed by atoms with Crippen molar-refractivity contribution in [2.45, 2.75) is 13.0 Å². The Balaban J connectivity index is 2.49. The topological polar surface area (TPSA) is 88.1 Å². The van der Waals surface area contributed by atoms with E-state index in [1.807, 2.05) is 24.3 Å². The molecule has 0 aromatic heterocycles. The minimum absolute atomic E-state index is 0.0827. The van der Waals surface area contributed by atoms with Gasteiger partial charge in [0.2, 0.25) is 0 Å². The number of aliphatic carboxylic acids is 1. The van der Waals surface area contributed by atoms with Gasteiger partial charge in [-0.05, 0) is 6.07 Å². The highest BCUT2D eigenvalue weighted by Crippen LogP contribution is 2.17. The van der Waals surface area contributed by atoms with E-state index >= 15 is 0 Å². The third kappa shape index (κ3) is 6.45. The van der Waals surface area contributed by atoms with E-state index in [1.165, 1.54) is 4.90 Å². The second-order valence-corrected chi connectivity index (χ2v) is 4.67. The molecule has 0 bridgehead atoms. The number of carbonyl (C=O) groups excluding carboxylic acids is 1. The van der Waals surface area contributed by atoms with Crippen molar-refractivity contribution in [2.24, 2.45) is 0 Å². The molecule has 1 aromatic carbocycles. The molecule has 22 heavy (non-hydrogen) atoms. The van der Waals surface area contributed by atoms with Crippen molar-refractivity contribution in [3.8, 4) is 5.75 Å². The lowest BCUT2D eigenvalue weighted by Gasteiger charge is -2.18. The number of methoxy groups -OCH3 is 1. The Morgan fingerprint density at radius 1 is 1.27 bits per heavy atom. The number of ether oxygens (including phenoxy) is 2. The van der Waals surface area contributed by atoms with Crippen molar-refractivity contribution in [3.05, 3.63) is 29.8 Å². The van der Waals surface area contributed by atoms with Crippen molar-refractivity contribution in [1.29, 1.82) is 0 Å². The largest absolute Gasteiger partial charge is 0.491 e. The van der Waals surface area contributed by atoms with Crippen LogP contribution >= 0.6 is 0 Å². The number of benzene rings is 1. The zero-order chi connectivity index (χ0) is 16.4. The molecule has 0 saturated heterocycles. The second kappa shape index (κ2) is 9.62. The molecule has 0 atom stereocenters. The van der Waals surface area contributed by atoms with Crippen LogP contribution in [0.15, 0.2) is 24.3 Å². The first-order chi connectivity index (χ1) is 10.5. The molecule has 7 nitrogen and oxygen atoms in total. The maximum Gasteiger partial charge on any atom is 0.317 e. The molecule has 0 heterocycles. The van der Waals surface area contributed by atoms with Crippen LogP contribution in [0.5, 0.6) is 5.75 Å². The zero-order valence-electron chi connectivity index (χ0n) is 12.9. The van der Waals surface area contributed by atoms with Crippen molar-refractivity contribution in [1.82, 2.24) is 10.2 Å². The summed E-state index contributed by atoms with van der Waals surface area (Å²) in [7, 11) is 3.15. The highest BCUT2D eigenvalue weighted by molar-refractivity contribution is 5.75. The average Bonchev–Trinajstić information content (AvgIpc) is 2.51. The van der Waals surface area contributed by atoms with E-state index in [0.29, 0.717) is 25.5 Å². The number of nitrogens with one attached hydrogen (secondary N) is 1. The van der Waals surface area contributed by atoms with E-state index in [-0.39, 0.29) is 19.0 Å². The Bertz CT molecular complexity index is 493. The van der Waals surface area contributed by atoms with Crippen LogP contribution < -0.4 is 10.1 Å². The fourth-order valence-corrected chi connectivity index (χ4v) is 1.70. The Morgan fingerprint density at radius 3 is 2.68 bits per heavy atom. The highest BCUT2D eigenvalue weighted by atomic mass is 16.5. The maximum absolute atomic E-state index is 11.9. The number of urea groups is 1. The summed E-state index contributed by atoms with van der Waals surface area (Å²) in [4.78, 5) is 23.7. The number of carboxylic acids is 1. The highest BCUT2D eigenvalue weighted by Gasteiger charge is 2.11. The minimum atomic E-state index is -0.934. The number of nitrogens with zero attached hydrogens (tertiary/aromatic N) is 1. The van der Waals surface area contributed by atoms with Crippen molar-refractivity contribution < 1.29 is 24.2 Å². The lowest BCUT2D eigenvalue weighted by molar-refractivity contribution is -0.137. The summed E-state index contributed by atoms with van der Waals surface area (Å²) in [5.74, 6) is -0.246. The Kier molecular flexibility index (Phi) is 7.77. The predicted molar refractivity (Wildman–Crippen MR) is 80.9 cm³/mol. The first kappa shape index (κ1) is 17.8. The maximum atomic E-state index is 11.9. The van der Waals surface area contributed by atoms with Crippen LogP contribution in [0, 0.1) is 0 Å². The van der Waals surface area contributed by atoms with Gasteiger partial charge in [-0.15, -0.1) is 0 Å². The van der Waals surface area contributed by atoms with Gasteiger partial charge in [0.25, 0.3) is 0 Å². The molecule has 0 spiro atoms. The number of hydrogen-bond acceptors (Lipinski definition) is 4. The molecule has 2 amide bonds. The van der Waals surface area contributed by atoms with Gasteiger partial charge in [0.05, 0.1) is 13.0 Å². The minimum Gasteiger partial charge on any atom is -0.491 e. The van der Waals surface area contributed by atoms with Gasteiger partial charge in [-0.2, -0.15) is 0 Å². The molecule has 0 aliphatic heterocycles. The van der Waals surface area contributed by atoms with Gasteiger partial charge in [0.1, 0.15) is 12.4 Å². The van der Waals surface area contributed by atoms with E-state index in [2.05, 4.69) is 5.32 Å². The molecular weight excluding hydrogens is 288 g/mol. The fourth-order valence-electron chi connectivity index (χ4n) is 1.70. The van der Waals surface area contributed by atoms with E-state index in [1.54, 1.807) is 14.2 Å². The summed E-state index contributed by atoms with van der Waals surface area (Å²) in [6.45, 7) is 1.38.